The van der Waals surface area contributed by atoms with Gasteiger partial charge in [-0.15, -0.1) is 0 Å². The second-order valence-electron chi connectivity index (χ2n) is 2.26. The van der Waals surface area contributed by atoms with Crippen molar-refractivity contribution in [3.63, 3.8) is 0 Å². The summed E-state index contributed by atoms with van der Waals surface area (Å²) in [5.74, 6) is -0.343. The van der Waals surface area contributed by atoms with Crippen LogP contribution in [0.5, 0.6) is 0 Å². The third-order valence-corrected chi connectivity index (χ3v) is 1.64. The van der Waals surface area contributed by atoms with Crippen LogP contribution in [0.1, 0.15) is 10.4 Å². The first-order valence-corrected chi connectivity index (χ1v) is 4.00. The minimum Gasteiger partial charge on any atom is -0.398 e. The van der Waals surface area contributed by atoms with Gasteiger partial charge in [0.2, 0.25) is 11.0 Å². The number of rotatable bonds is 3. The van der Waals surface area contributed by atoms with Gasteiger partial charge in [0, 0.05) is 5.56 Å². The summed E-state index contributed by atoms with van der Waals surface area (Å²) in [7, 11) is 1.33. The van der Waals surface area contributed by atoms with Crippen molar-refractivity contribution in [1.29, 1.82) is 0 Å². The molecule has 13 heavy (non-hydrogen) atoms. The summed E-state index contributed by atoms with van der Waals surface area (Å²) in [6, 6.07) is 8.65. The molecule has 1 aromatic rings. The fourth-order valence-electron chi connectivity index (χ4n) is 0.830. The Hall–Kier alpha value is -1.35. The fraction of sp³-hybridized carbons (Fsp3) is 0.111. The Morgan fingerprint density at radius 2 is 2.00 bits per heavy atom. The van der Waals surface area contributed by atoms with Gasteiger partial charge in [-0.05, 0) is 0 Å². The quantitative estimate of drug-likeness (QED) is 0.423. The van der Waals surface area contributed by atoms with E-state index < -0.39 is 0 Å². The van der Waals surface area contributed by atoms with Gasteiger partial charge in [0.25, 0.3) is 0 Å². The number of hydrogen-bond donors (Lipinski definition) is 0. The number of oxime groups is 1. The Balaban J connectivity index is 2.86. The number of carbonyl (C=O) groups excluding carboxylic acids is 1. The minimum absolute atomic E-state index is 0.172. The molecule has 0 radical (unpaired) electrons. The lowest BCUT2D eigenvalue weighted by atomic mass is 10.1. The molecular weight excluding hydrogens is 190 g/mol. The van der Waals surface area contributed by atoms with Gasteiger partial charge in [-0.3, -0.25) is 4.79 Å². The molecule has 0 fully saturated rings. The molecule has 0 bridgehead atoms. The van der Waals surface area contributed by atoms with Crippen LogP contribution in [0.3, 0.4) is 0 Å². The Bertz CT molecular complexity index is 322. The van der Waals surface area contributed by atoms with Crippen molar-refractivity contribution in [2.24, 2.45) is 5.16 Å². The highest BCUT2D eigenvalue weighted by Crippen LogP contribution is 2.03. The van der Waals surface area contributed by atoms with Crippen LogP contribution in [-0.2, 0) is 4.84 Å². The van der Waals surface area contributed by atoms with Gasteiger partial charge < -0.3 is 4.84 Å². The lowest BCUT2D eigenvalue weighted by molar-refractivity contribution is 0.106. The van der Waals surface area contributed by atoms with Crippen LogP contribution in [-0.4, -0.2) is 18.1 Å². The van der Waals surface area contributed by atoms with Gasteiger partial charge in [-0.1, -0.05) is 47.1 Å². The van der Waals surface area contributed by atoms with Crippen molar-refractivity contribution in [1.82, 2.24) is 0 Å². The maximum atomic E-state index is 11.4. The van der Waals surface area contributed by atoms with Crippen LogP contribution in [0, 0.1) is 0 Å². The number of benzene rings is 1. The van der Waals surface area contributed by atoms with Crippen molar-refractivity contribution in [3.05, 3.63) is 35.9 Å². The molecule has 0 saturated carbocycles. The van der Waals surface area contributed by atoms with Crippen LogP contribution in [0.4, 0.5) is 0 Å². The average Bonchev–Trinajstić information content (AvgIpc) is 2.18. The van der Waals surface area contributed by atoms with Crippen molar-refractivity contribution < 1.29 is 9.63 Å². The summed E-state index contributed by atoms with van der Waals surface area (Å²) >= 11 is 5.54. The van der Waals surface area contributed by atoms with E-state index in [1.165, 1.54) is 7.11 Å². The summed E-state index contributed by atoms with van der Waals surface area (Å²) in [4.78, 5) is 15.8. The number of Topliss-reactive ketones (excluding diaryl/α,β-unsaturated/α-hetero) is 1. The first kappa shape index (κ1) is 9.74. The molecule has 0 unspecified atom stereocenters. The molecule has 0 heterocycles. The van der Waals surface area contributed by atoms with E-state index in [9.17, 15) is 4.79 Å². The Morgan fingerprint density at radius 1 is 1.38 bits per heavy atom. The zero-order chi connectivity index (χ0) is 9.68. The van der Waals surface area contributed by atoms with Crippen molar-refractivity contribution >= 4 is 22.6 Å². The molecule has 4 heteroatoms. The SMILES string of the molecule is CO/N=C(/Cl)C(=O)c1ccccc1. The second-order valence-corrected chi connectivity index (χ2v) is 2.62. The zero-order valence-electron chi connectivity index (χ0n) is 7.03. The zero-order valence-corrected chi connectivity index (χ0v) is 7.78. The van der Waals surface area contributed by atoms with E-state index in [2.05, 4.69) is 9.99 Å². The van der Waals surface area contributed by atoms with Crippen LogP contribution in [0.25, 0.3) is 0 Å². The summed E-state index contributed by atoms with van der Waals surface area (Å²) in [6.45, 7) is 0. The standard InChI is InChI=1S/C9H8ClNO2/c1-13-11-9(10)8(12)7-5-3-2-4-6-7/h2-6H,1H3/b11-9+. The van der Waals surface area contributed by atoms with Gasteiger partial charge in [-0.2, -0.15) is 0 Å². The molecule has 0 aromatic heterocycles. The van der Waals surface area contributed by atoms with Crippen LogP contribution in [0.15, 0.2) is 35.5 Å². The van der Waals surface area contributed by atoms with Gasteiger partial charge in [0.15, 0.2) is 0 Å². The highest BCUT2D eigenvalue weighted by Gasteiger charge is 2.10. The molecule has 0 aliphatic heterocycles. The summed E-state index contributed by atoms with van der Waals surface area (Å²) < 4.78 is 0. The number of carbonyl (C=O) groups is 1. The lowest BCUT2D eigenvalue weighted by Crippen LogP contribution is -2.07. The predicted molar refractivity (Wildman–Crippen MR) is 51.1 cm³/mol. The van der Waals surface area contributed by atoms with Gasteiger partial charge in [0.1, 0.15) is 7.11 Å². The largest absolute Gasteiger partial charge is 0.398 e. The molecule has 0 aliphatic carbocycles. The molecule has 1 aromatic carbocycles. The predicted octanol–water partition coefficient (Wildman–Crippen LogP) is 2.07. The summed E-state index contributed by atoms with van der Waals surface area (Å²) in [6.07, 6.45) is 0. The number of ketones is 1. The number of nitrogens with zero attached hydrogens (tertiary/aromatic N) is 1. The van der Waals surface area contributed by atoms with E-state index in [1.54, 1.807) is 24.3 Å². The van der Waals surface area contributed by atoms with Gasteiger partial charge in [-0.25, -0.2) is 0 Å². The monoisotopic (exact) mass is 197 g/mol. The second kappa shape index (κ2) is 4.62. The third-order valence-electron chi connectivity index (χ3n) is 1.39. The number of hydrogen-bond acceptors (Lipinski definition) is 3. The maximum absolute atomic E-state index is 11.4. The van der Waals surface area contributed by atoms with Crippen molar-refractivity contribution in [3.8, 4) is 0 Å². The lowest BCUT2D eigenvalue weighted by Gasteiger charge is -1.96. The highest BCUT2D eigenvalue weighted by atomic mass is 35.5. The molecule has 0 aliphatic rings. The van der Waals surface area contributed by atoms with Crippen LogP contribution >= 0.6 is 11.6 Å². The van der Waals surface area contributed by atoms with E-state index >= 15 is 0 Å². The van der Waals surface area contributed by atoms with E-state index in [0.29, 0.717) is 5.56 Å². The van der Waals surface area contributed by atoms with E-state index in [-0.39, 0.29) is 11.0 Å². The Kier molecular flexibility index (Phi) is 3.46. The van der Waals surface area contributed by atoms with Crippen LogP contribution in [0.2, 0.25) is 0 Å². The molecular formula is C9H8ClNO2. The Labute approximate surface area is 81.0 Å². The summed E-state index contributed by atoms with van der Waals surface area (Å²) in [5, 5.41) is 3.16. The fourth-order valence-corrected chi connectivity index (χ4v) is 1.01. The molecule has 0 saturated heterocycles. The molecule has 0 atom stereocenters. The normalized spacial score (nSPS) is 11.1. The van der Waals surface area contributed by atoms with Crippen LogP contribution < -0.4 is 0 Å². The first-order chi connectivity index (χ1) is 6.25. The average molecular weight is 198 g/mol. The Morgan fingerprint density at radius 3 is 2.54 bits per heavy atom. The number of halogens is 1. The molecule has 0 amide bonds. The van der Waals surface area contributed by atoms with Crippen molar-refractivity contribution in [2.45, 2.75) is 0 Å². The highest BCUT2D eigenvalue weighted by molar-refractivity contribution is 6.84. The molecule has 0 N–H and O–H groups in total. The minimum atomic E-state index is -0.343. The van der Waals surface area contributed by atoms with Crippen molar-refractivity contribution in [2.75, 3.05) is 7.11 Å². The third kappa shape index (κ3) is 2.56. The van der Waals surface area contributed by atoms with E-state index in [0.717, 1.165) is 0 Å². The molecule has 3 nitrogen and oxygen atoms in total. The first-order valence-electron chi connectivity index (χ1n) is 3.62. The molecule has 1 rings (SSSR count). The van der Waals surface area contributed by atoms with E-state index in [4.69, 9.17) is 11.6 Å². The maximum Gasteiger partial charge on any atom is 0.226 e. The summed E-state index contributed by atoms with van der Waals surface area (Å²) in [5.41, 5.74) is 0.494. The van der Waals surface area contributed by atoms with Gasteiger partial charge >= 0.3 is 0 Å². The van der Waals surface area contributed by atoms with E-state index in [1.807, 2.05) is 6.07 Å². The molecule has 68 valence electrons. The smallest absolute Gasteiger partial charge is 0.226 e. The topological polar surface area (TPSA) is 38.7 Å². The van der Waals surface area contributed by atoms with Gasteiger partial charge in [0.05, 0.1) is 0 Å². The molecule has 0 spiro atoms.